The summed E-state index contributed by atoms with van der Waals surface area (Å²) in [7, 11) is 2.18. The van der Waals surface area contributed by atoms with Crippen LogP contribution >= 0.6 is 11.8 Å². The van der Waals surface area contributed by atoms with Gasteiger partial charge in [-0.3, -0.25) is 0 Å². The van der Waals surface area contributed by atoms with Gasteiger partial charge in [0.2, 0.25) is 0 Å². The van der Waals surface area contributed by atoms with Crippen LogP contribution in [0.2, 0.25) is 0 Å². The fourth-order valence-electron chi connectivity index (χ4n) is 4.37. The Morgan fingerprint density at radius 2 is 2.19 bits per heavy atom. The van der Waals surface area contributed by atoms with Gasteiger partial charge in [-0.1, -0.05) is 6.42 Å². The third-order valence-corrected chi connectivity index (χ3v) is 6.74. The van der Waals surface area contributed by atoms with Gasteiger partial charge in [0.05, 0.1) is 0 Å². The Kier molecular flexibility index (Phi) is 3.49. The van der Waals surface area contributed by atoms with E-state index in [0.717, 1.165) is 29.0 Å². The van der Waals surface area contributed by atoms with E-state index in [1.165, 1.54) is 25.0 Å². The van der Waals surface area contributed by atoms with Gasteiger partial charge < -0.3 is 5.32 Å². The molecule has 2 heteroatoms. The standard InChI is InChI=1S/C14H25NS/c1-15-13(14-3-2-6-16-14)9-12-8-10-4-5-11(12)7-10/h10-15H,2-9H2,1H3. The summed E-state index contributed by atoms with van der Waals surface area (Å²) in [6.07, 6.45) is 10.6. The SMILES string of the molecule is CNC(CC1CC2CCC1C2)C1CCCS1. The van der Waals surface area contributed by atoms with Gasteiger partial charge in [-0.2, -0.15) is 11.8 Å². The zero-order valence-corrected chi connectivity index (χ0v) is 11.3. The fourth-order valence-corrected chi connectivity index (χ4v) is 5.82. The molecule has 3 aliphatic rings. The molecule has 2 bridgehead atoms. The molecule has 5 unspecified atom stereocenters. The molecule has 92 valence electrons. The fraction of sp³-hybridized carbons (Fsp3) is 1.00. The largest absolute Gasteiger partial charge is 0.316 e. The van der Waals surface area contributed by atoms with Crippen LogP contribution in [-0.4, -0.2) is 24.1 Å². The summed E-state index contributed by atoms with van der Waals surface area (Å²) in [4.78, 5) is 0. The van der Waals surface area contributed by atoms with E-state index in [9.17, 15) is 0 Å². The van der Waals surface area contributed by atoms with Crippen molar-refractivity contribution in [2.75, 3.05) is 12.8 Å². The first kappa shape index (κ1) is 11.4. The summed E-state index contributed by atoms with van der Waals surface area (Å²) in [6.45, 7) is 0. The van der Waals surface area contributed by atoms with Gasteiger partial charge in [-0.15, -0.1) is 0 Å². The molecule has 3 rings (SSSR count). The van der Waals surface area contributed by atoms with Crippen LogP contribution in [0.15, 0.2) is 0 Å². The van der Waals surface area contributed by atoms with Crippen LogP contribution in [0.25, 0.3) is 0 Å². The molecule has 0 aromatic carbocycles. The van der Waals surface area contributed by atoms with E-state index in [1.54, 1.807) is 25.7 Å². The average Bonchev–Trinajstić information content (AvgIpc) is 3.01. The Bertz CT molecular complexity index is 237. The molecule has 0 radical (unpaired) electrons. The number of hydrogen-bond acceptors (Lipinski definition) is 2. The molecule has 5 atom stereocenters. The van der Waals surface area contributed by atoms with E-state index < -0.39 is 0 Å². The molecule has 2 saturated carbocycles. The maximum atomic E-state index is 3.61. The summed E-state index contributed by atoms with van der Waals surface area (Å²) in [5.74, 6) is 4.69. The van der Waals surface area contributed by atoms with Crippen LogP contribution in [0, 0.1) is 17.8 Å². The molecular formula is C14H25NS. The van der Waals surface area contributed by atoms with Crippen molar-refractivity contribution in [3.8, 4) is 0 Å². The van der Waals surface area contributed by atoms with Crippen molar-refractivity contribution in [2.45, 2.75) is 56.2 Å². The number of fused-ring (bicyclic) bond motifs is 2. The molecule has 2 aliphatic carbocycles. The van der Waals surface area contributed by atoms with E-state index >= 15 is 0 Å². The minimum Gasteiger partial charge on any atom is -0.316 e. The van der Waals surface area contributed by atoms with Crippen LogP contribution in [0.3, 0.4) is 0 Å². The third kappa shape index (κ3) is 2.15. The zero-order chi connectivity index (χ0) is 11.0. The lowest BCUT2D eigenvalue weighted by molar-refractivity contribution is 0.279. The second-order valence-electron chi connectivity index (χ2n) is 6.12. The van der Waals surface area contributed by atoms with E-state index in [-0.39, 0.29) is 0 Å². The highest BCUT2D eigenvalue weighted by Crippen LogP contribution is 2.50. The molecular weight excluding hydrogens is 214 g/mol. The third-order valence-electron chi connectivity index (χ3n) is 5.23. The predicted molar refractivity (Wildman–Crippen MR) is 71.9 cm³/mol. The molecule has 3 fully saturated rings. The topological polar surface area (TPSA) is 12.0 Å². The summed E-state index contributed by atoms with van der Waals surface area (Å²) in [5, 5.41) is 4.53. The van der Waals surface area contributed by atoms with Crippen LogP contribution in [0.5, 0.6) is 0 Å². The monoisotopic (exact) mass is 239 g/mol. The number of nitrogens with one attached hydrogen (secondary N) is 1. The molecule has 1 nitrogen and oxygen atoms in total. The van der Waals surface area contributed by atoms with Gasteiger partial charge in [0.25, 0.3) is 0 Å². The smallest absolute Gasteiger partial charge is 0.0201 e. The first-order valence-electron chi connectivity index (χ1n) is 7.15. The summed E-state index contributed by atoms with van der Waals surface area (Å²) in [6, 6.07) is 0.803. The van der Waals surface area contributed by atoms with Crippen molar-refractivity contribution in [2.24, 2.45) is 17.8 Å². The van der Waals surface area contributed by atoms with Gasteiger partial charge in [0.1, 0.15) is 0 Å². The summed E-state index contributed by atoms with van der Waals surface area (Å²) < 4.78 is 0. The van der Waals surface area contributed by atoms with Crippen molar-refractivity contribution in [1.82, 2.24) is 5.32 Å². The van der Waals surface area contributed by atoms with E-state index in [4.69, 9.17) is 0 Å². The van der Waals surface area contributed by atoms with Crippen LogP contribution in [0.4, 0.5) is 0 Å². The first-order chi connectivity index (χ1) is 7.86. The van der Waals surface area contributed by atoms with E-state index in [2.05, 4.69) is 24.1 Å². The summed E-state index contributed by atoms with van der Waals surface area (Å²) >= 11 is 2.22. The number of hydrogen-bond donors (Lipinski definition) is 1. The van der Waals surface area contributed by atoms with Crippen LogP contribution in [-0.2, 0) is 0 Å². The first-order valence-corrected chi connectivity index (χ1v) is 8.20. The Labute approximate surface area is 104 Å². The number of thioether (sulfide) groups is 1. The van der Waals surface area contributed by atoms with Crippen molar-refractivity contribution in [3.63, 3.8) is 0 Å². The molecule has 1 heterocycles. The lowest BCUT2D eigenvalue weighted by Crippen LogP contribution is -2.37. The van der Waals surface area contributed by atoms with Crippen molar-refractivity contribution < 1.29 is 0 Å². The average molecular weight is 239 g/mol. The molecule has 16 heavy (non-hydrogen) atoms. The Morgan fingerprint density at radius 3 is 2.75 bits per heavy atom. The maximum Gasteiger partial charge on any atom is 0.0201 e. The zero-order valence-electron chi connectivity index (χ0n) is 10.5. The van der Waals surface area contributed by atoms with E-state index in [0.29, 0.717) is 0 Å². The Morgan fingerprint density at radius 1 is 1.25 bits per heavy atom. The predicted octanol–water partition coefficient (Wildman–Crippen LogP) is 3.30. The maximum absolute atomic E-state index is 3.61. The highest BCUT2D eigenvalue weighted by atomic mass is 32.2. The summed E-state index contributed by atoms with van der Waals surface area (Å²) in [5.41, 5.74) is 0. The second kappa shape index (κ2) is 4.89. The lowest BCUT2D eigenvalue weighted by Gasteiger charge is -2.29. The van der Waals surface area contributed by atoms with Crippen molar-refractivity contribution >= 4 is 11.8 Å². The minimum absolute atomic E-state index is 0.803. The van der Waals surface area contributed by atoms with Crippen molar-refractivity contribution in [3.05, 3.63) is 0 Å². The normalized spacial score (nSPS) is 44.1. The molecule has 1 N–H and O–H groups in total. The molecule has 0 aromatic heterocycles. The highest BCUT2D eigenvalue weighted by molar-refractivity contribution is 8.00. The Hall–Kier alpha value is 0.310. The molecule has 0 spiro atoms. The number of rotatable bonds is 4. The molecule has 0 aromatic rings. The van der Waals surface area contributed by atoms with E-state index in [1.807, 2.05) is 0 Å². The molecule has 1 saturated heterocycles. The van der Waals surface area contributed by atoms with Crippen LogP contribution in [0.1, 0.15) is 44.9 Å². The Balaban J connectivity index is 1.55. The molecule has 0 amide bonds. The minimum atomic E-state index is 0.803. The molecule has 1 aliphatic heterocycles. The van der Waals surface area contributed by atoms with Gasteiger partial charge in [0.15, 0.2) is 0 Å². The van der Waals surface area contributed by atoms with Gasteiger partial charge in [-0.25, -0.2) is 0 Å². The van der Waals surface area contributed by atoms with Gasteiger partial charge >= 0.3 is 0 Å². The lowest BCUT2D eigenvalue weighted by atomic mass is 9.83. The quantitative estimate of drug-likeness (QED) is 0.808. The van der Waals surface area contributed by atoms with Crippen LogP contribution < -0.4 is 5.32 Å². The van der Waals surface area contributed by atoms with Crippen molar-refractivity contribution in [1.29, 1.82) is 0 Å². The highest BCUT2D eigenvalue weighted by Gasteiger charge is 2.41. The second-order valence-corrected chi connectivity index (χ2v) is 7.46. The van der Waals surface area contributed by atoms with Gasteiger partial charge in [-0.05, 0) is 69.1 Å². The van der Waals surface area contributed by atoms with Gasteiger partial charge in [0, 0.05) is 11.3 Å².